The van der Waals surface area contributed by atoms with Gasteiger partial charge in [0.05, 0.1) is 0 Å². The third kappa shape index (κ3) is 4.51. The molecule has 2 rings (SSSR count). The third-order valence-electron chi connectivity index (χ3n) is 3.60. The van der Waals surface area contributed by atoms with E-state index in [1.807, 2.05) is 23.1 Å². The highest BCUT2D eigenvalue weighted by atomic mass is 35.5. The molecule has 0 unspecified atom stereocenters. The molecule has 1 aliphatic heterocycles. The van der Waals surface area contributed by atoms with Crippen molar-refractivity contribution in [1.29, 1.82) is 0 Å². The van der Waals surface area contributed by atoms with Crippen molar-refractivity contribution in [1.82, 2.24) is 9.80 Å². The van der Waals surface area contributed by atoms with Gasteiger partial charge in [-0.1, -0.05) is 30.3 Å². The largest absolute Gasteiger partial charge is 0.340 e. The zero-order chi connectivity index (χ0) is 13.5. The molecule has 1 aromatic carbocycles. The Labute approximate surface area is 120 Å². The van der Waals surface area contributed by atoms with Crippen molar-refractivity contribution in [3.05, 3.63) is 35.9 Å². The topological polar surface area (TPSA) is 23.6 Å². The first kappa shape index (κ1) is 14.4. The Kier molecular flexibility index (Phi) is 5.67. The number of carbonyl (C=O) groups is 1. The smallest absolute Gasteiger partial charge is 0.222 e. The summed E-state index contributed by atoms with van der Waals surface area (Å²) in [5, 5.41) is 0. The minimum absolute atomic E-state index is 0.273. The van der Waals surface area contributed by atoms with Crippen LogP contribution in [0.1, 0.15) is 12.0 Å². The highest BCUT2D eigenvalue weighted by Crippen LogP contribution is 2.07. The first-order valence-corrected chi connectivity index (χ1v) is 7.43. The second kappa shape index (κ2) is 7.51. The number of nitrogens with zero attached hydrogens (tertiary/aromatic N) is 2. The molecule has 1 saturated heterocycles. The number of rotatable bonds is 5. The van der Waals surface area contributed by atoms with Crippen LogP contribution in [0.4, 0.5) is 0 Å². The van der Waals surface area contributed by atoms with Crippen LogP contribution in [-0.2, 0) is 11.2 Å². The number of halogens is 1. The van der Waals surface area contributed by atoms with Gasteiger partial charge >= 0.3 is 0 Å². The summed E-state index contributed by atoms with van der Waals surface area (Å²) in [5.74, 6) is 0.941. The lowest BCUT2D eigenvalue weighted by Gasteiger charge is -2.34. The molecule has 104 valence electrons. The van der Waals surface area contributed by atoms with Gasteiger partial charge in [0, 0.05) is 45.0 Å². The van der Waals surface area contributed by atoms with Gasteiger partial charge < -0.3 is 4.90 Å². The summed E-state index contributed by atoms with van der Waals surface area (Å²) < 4.78 is 0. The Bertz CT molecular complexity index is 388. The highest BCUT2D eigenvalue weighted by Gasteiger charge is 2.20. The number of hydrogen-bond acceptors (Lipinski definition) is 2. The maximum atomic E-state index is 12.1. The van der Waals surface area contributed by atoms with Crippen LogP contribution in [0.25, 0.3) is 0 Å². The van der Waals surface area contributed by atoms with Crippen molar-refractivity contribution >= 4 is 17.5 Å². The molecule has 0 aromatic heterocycles. The summed E-state index contributed by atoms with van der Waals surface area (Å²) in [6.07, 6.45) is 1.45. The average Bonchev–Trinajstić information content (AvgIpc) is 2.47. The van der Waals surface area contributed by atoms with Crippen LogP contribution in [-0.4, -0.2) is 54.3 Å². The molecular formula is C15H21ClN2O. The fourth-order valence-corrected chi connectivity index (χ4v) is 2.63. The fourth-order valence-electron chi connectivity index (χ4n) is 2.39. The first-order valence-electron chi connectivity index (χ1n) is 6.89. The molecule has 0 saturated carbocycles. The van der Waals surface area contributed by atoms with Crippen molar-refractivity contribution in [3.8, 4) is 0 Å². The van der Waals surface area contributed by atoms with E-state index in [0.717, 1.165) is 39.1 Å². The van der Waals surface area contributed by atoms with Crippen molar-refractivity contribution < 1.29 is 4.79 Å². The number of hydrogen-bond donors (Lipinski definition) is 0. The number of benzene rings is 1. The molecular weight excluding hydrogens is 260 g/mol. The van der Waals surface area contributed by atoms with Crippen LogP contribution < -0.4 is 0 Å². The van der Waals surface area contributed by atoms with Gasteiger partial charge in [-0.2, -0.15) is 0 Å². The molecule has 1 amide bonds. The molecule has 0 N–H and O–H groups in total. The minimum atomic E-state index is 0.273. The van der Waals surface area contributed by atoms with E-state index in [0.29, 0.717) is 12.3 Å². The molecule has 1 aromatic rings. The summed E-state index contributed by atoms with van der Waals surface area (Å²) >= 11 is 5.73. The lowest BCUT2D eigenvalue weighted by molar-refractivity contribution is -0.132. The van der Waals surface area contributed by atoms with Gasteiger partial charge in [0.1, 0.15) is 0 Å². The fraction of sp³-hybridized carbons (Fsp3) is 0.533. The number of piperazine rings is 1. The first-order chi connectivity index (χ1) is 9.29. The second-order valence-electron chi connectivity index (χ2n) is 4.90. The second-order valence-corrected chi connectivity index (χ2v) is 5.27. The monoisotopic (exact) mass is 280 g/mol. The number of alkyl halides is 1. The molecule has 4 heteroatoms. The highest BCUT2D eigenvalue weighted by molar-refractivity contribution is 6.18. The Balaban J connectivity index is 1.73. The summed E-state index contributed by atoms with van der Waals surface area (Å²) in [7, 11) is 0. The van der Waals surface area contributed by atoms with Gasteiger partial charge in [-0.05, 0) is 12.0 Å². The van der Waals surface area contributed by atoms with E-state index in [4.69, 9.17) is 11.6 Å². The zero-order valence-electron chi connectivity index (χ0n) is 11.2. The van der Waals surface area contributed by atoms with E-state index < -0.39 is 0 Å². The van der Waals surface area contributed by atoms with Crippen LogP contribution in [0.3, 0.4) is 0 Å². The van der Waals surface area contributed by atoms with E-state index in [1.54, 1.807) is 0 Å². The number of aryl methyl sites for hydroxylation is 1. The SMILES string of the molecule is O=C(CCc1ccccc1)N1CCN(CCCl)CC1. The van der Waals surface area contributed by atoms with E-state index in [9.17, 15) is 4.79 Å². The maximum Gasteiger partial charge on any atom is 0.222 e. The van der Waals surface area contributed by atoms with Gasteiger partial charge in [-0.25, -0.2) is 0 Å². The van der Waals surface area contributed by atoms with Crippen LogP contribution in [0, 0.1) is 0 Å². The summed E-state index contributed by atoms with van der Waals surface area (Å²) in [6, 6.07) is 10.2. The molecule has 1 fully saturated rings. The van der Waals surface area contributed by atoms with E-state index in [-0.39, 0.29) is 5.91 Å². The molecule has 3 nitrogen and oxygen atoms in total. The molecule has 19 heavy (non-hydrogen) atoms. The zero-order valence-corrected chi connectivity index (χ0v) is 12.0. The molecule has 0 spiro atoms. The van der Waals surface area contributed by atoms with Gasteiger partial charge in [-0.15, -0.1) is 11.6 Å². The molecule has 0 bridgehead atoms. The van der Waals surface area contributed by atoms with Crippen LogP contribution >= 0.6 is 11.6 Å². The predicted molar refractivity (Wildman–Crippen MR) is 78.5 cm³/mol. The van der Waals surface area contributed by atoms with Gasteiger partial charge in [0.2, 0.25) is 5.91 Å². The standard InChI is InChI=1S/C15H21ClN2O/c16-8-9-17-10-12-18(13-11-17)15(19)7-6-14-4-2-1-3-5-14/h1-5H,6-13H2. The van der Waals surface area contributed by atoms with Crippen LogP contribution in [0.2, 0.25) is 0 Å². The summed E-state index contributed by atoms with van der Waals surface area (Å²) in [6.45, 7) is 4.50. The van der Waals surface area contributed by atoms with Gasteiger partial charge in [0.15, 0.2) is 0 Å². The molecule has 0 atom stereocenters. The lowest BCUT2D eigenvalue weighted by atomic mass is 10.1. The molecule has 0 aliphatic carbocycles. The quantitative estimate of drug-likeness (QED) is 0.771. The van der Waals surface area contributed by atoms with E-state index >= 15 is 0 Å². The minimum Gasteiger partial charge on any atom is -0.340 e. The summed E-state index contributed by atoms with van der Waals surface area (Å²) in [4.78, 5) is 16.4. The Morgan fingerprint density at radius 3 is 2.42 bits per heavy atom. The Morgan fingerprint density at radius 1 is 1.11 bits per heavy atom. The third-order valence-corrected chi connectivity index (χ3v) is 3.77. The van der Waals surface area contributed by atoms with E-state index in [2.05, 4.69) is 17.0 Å². The van der Waals surface area contributed by atoms with Gasteiger partial charge in [-0.3, -0.25) is 9.69 Å². The normalized spacial score (nSPS) is 16.6. The van der Waals surface area contributed by atoms with Crippen LogP contribution in [0.5, 0.6) is 0 Å². The van der Waals surface area contributed by atoms with E-state index in [1.165, 1.54) is 5.56 Å². The van der Waals surface area contributed by atoms with Crippen molar-refractivity contribution in [2.45, 2.75) is 12.8 Å². The average molecular weight is 281 g/mol. The summed E-state index contributed by atoms with van der Waals surface area (Å²) in [5.41, 5.74) is 1.23. The van der Waals surface area contributed by atoms with Crippen LogP contribution in [0.15, 0.2) is 30.3 Å². The van der Waals surface area contributed by atoms with Gasteiger partial charge in [0.25, 0.3) is 0 Å². The molecule has 0 radical (unpaired) electrons. The lowest BCUT2D eigenvalue weighted by Crippen LogP contribution is -2.49. The van der Waals surface area contributed by atoms with Crippen molar-refractivity contribution in [2.75, 3.05) is 38.6 Å². The predicted octanol–water partition coefficient (Wildman–Crippen LogP) is 2.00. The number of amides is 1. The Morgan fingerprint density at radius 2 is 1.79 bits per heavy atom. The maximum absolute atomic E-state index is 12.1. The van der Waals surface area contributed by atoms with Crippen molar-refractivity contribution in [2.24, 2.45) is 0 Å². The molecule has 1 heterocycles. The number of carbonyl (C=O) groups excluding carboxylic acids is 1. The Hall–Kier alpha value is -1.06. The molecule has 1 aliphatic rings. The van der Waals surface area contributed by atoms with Crippen molar-refractivity contribution in [3.63, 3.8) is 0 Å².